The minimum Gasteiger partial charge on any atom is -0.493 e. The van der Waals surface area contributed by atoms with E-state index in [-0.39, 0.29) is 17.4 Å². The van der Waals surface area contributed by atoms with Crippen molar-refractivity contribution in [3.05, 3.63) is 59.9 Å². The molecule has 7 aliphatic rings. The number of hydrogen-bond acceptors (Lipinski definition) is 4. The normalized spacial score (nSPS) is 37.1. The zero-order valence-corrected chi connectivity index (χ0v) is 17.3. The predicted octanol–water partition coefficient (Wildman–Crippen LogP) is 3.32. The first-order valence-electron chi connectivity index (χ1n) is 11.1. The van der Waals surface area contributed by atoms with Gasteiger partial charge in [0.2, 0.25) is 0 Å². The first-order chi connectivity index (χ1) is 14.5. The Labute approximate surface area is 177 Å². The van der Waals surface area contributed by atoms with E-state index >= 15 is 0 Å². The Kier molecular flexibility index (Phi) is 3.86. The van der Waals surface area contributed by atoms with E-state index in [1.807, 2.05) is 54.4 Å². The third-order valence-electron chi connectivity index (χ3n) is 8.36. The van der Waals surface area contributed by atoms with Gasteiger partial charge in [-0.15, -0.1) is 0 Å². The Hall–Kier alpha value is -2.40. The molecule has 1 aromatic carbocycles. The quantitative estimate of drug-likeness (QED) is 0.802. The van der Waals surface area contributed by atoms with E-state index in [2.05, 4.69) is 4.98 Å². The molecule has 1 N–H and O–H groups in total. The van der Waals surface area contributed by atoms with E-state index in [4.69, 9.17) is 4.74 Å². The van der Waals surface area contributed by atoms with Crippen molar-refractivity contribution in [1.29, 1.82) is 0 Å². The van der Waals surface area contributed by atoms with Crippen LogP contribution in [0.5, 0.6) is 5.75 Å². The van der Waals surface area contributed by atoms with E-state index in [0.29, 0.717) is 29.8 Å². The number of aliphatic hydroxyl groups is 1. The highest BCUT2D eigenvalue weighted by molar-refractivity contribution is 5.95. The van der Waals surface area contributed by atoms with Crippen molar-refractivity contribution in [1.82, 2.24) is 9.88 Å². The monoisotopic (exact) mass is 404 g/mol. The molecule has 5 bridgehead atoms. The lowest BCUT2D eigenvalue weighted by atomic mass is 9.24. The van der Waals surface area contributed by atoms with Crippen LogP contribution in [0.4, 0.5) is 0 Å². The van der Waals surface area contributed by atoms with E-state index < -0.39 is 5.60 Å². The van der Waals surface area contributed by atoms with Crippen LogP contribution in [-0.2, 0) is 6.42 Å². The molecule has 5 nitrogen and oxygen atoms in total. The van der Waals surface area contributed by atoms with E-state index in [0.717, 1.165) is 37.3 Å². The number of benzene rings is 1. The Morgan fingerprint density at radius 1 is 1.23 bits per heavy atom. The van der Waals surface area contributed by atoms with Crippen LogP contribution >= 0.6 is 0 Å². The van der Waals surface area contributed by atoms with Gasteiger partial charge in [-0.25, -0.2) is 0 Å². The molecule has 6 unspecified atom stereocenters. The lowest BCUT2D eigenvalue weighted by Gasteiger charge is -2.83. The standard InChI is InChI=1S/C25H28N2O3/c1-27(22-20-14-24(29)12-17-13-25(22,15-24)21(17)20)23(28)16-5-4-7-19(11-16)30-10-8-18-6-2-3-9-26-18/h2-7,9,11,17,20-22,29H,8,10,12-15H2,1H3. The number of amides is 1. The molecule has 0 saturated heterocycles. The van der Waals surface area contributed by atoms with Crippen molar-refractivity contribution in [3.63, 3.8) is 0 Å². The van der Waals surface area contributed by atoms with Gasteiger partial charge in [0, 0.05) is 37.0 Å². The number of nitrogens with zero attached hydrogens (tertiary/aromatic N) is 2. The van der Waals surface area contributed by atoms with Crippen molar-refractivity contribution in [2.24, 2.45) is 23.2 Å². The van der Waals surface area contributed by atoms with Crippen molar-refractivity contribution in [3.8, 4) is 5.75 Å². The summed E-state index contributed by atoms with van der Waals surface area (Å²) >= 11 is 0. The van der Waals surface area contributed by atoms with E-state index in [9.17, 15) is 9.90 Å². The van der Waals surface area contributed by atoms with Gasteiger partial charge in [-0.2, -0.15) is 0 Å². The zero-order chi connectivity index (χ0) is 20.5. The summed E-state index contributed by atoms with van der Waals surface area (Å²) in [6, 6.07) is 13.7. The van der Waals surface area contributed by atoms with Gasteiger partial charge in [0.15, 0.2) is 0 Å². The first kappa shape index (κ1) is 18.4. The summed E-state index contributed by atoms with van der Waals surface area (Å²) in [7, 11) is 1.95. The largest absolute Gasteiger partial charge is 0.493 e. The molecule has 6 atom stereocenters. The number of ether oxygens (including phenoxy) is 1. The molecule has 30 heavy (non-hydrogen) atoms. The van der Waals surface area contributed by atoms with Crippen molar-refractivity contribution < 1.29 is 14.6 Å². The summed E-state index contributed by atoms with van der Waals surface area (Å²) in [5, 5.41) is 10.8. The maximum atomic E-state index is 13.3. The topological polar surface area (TPSA) is 62.7 Å². The second kappa shape index (κ2) is 6.30. The van der Waals surface area contributed by atoms with Gasteiger partial charge in [-0.1, -0.05) is 12.1 Å². The van der Waals surface area contributed by atoms with Gasteiger partial charge in [0.05, 0.1) is 12.2 Å². The van der Waals surface area contributed by atoms with Crippen LogP contribution < -0.4 is 4.74 Å². The number of pyridine rings is 1. The minimum absolute atomic E-state index is 0.0625. The molecule has 1 spiro atoms. The number of carbonyl (C=O) groups excluding carboxylic acids is 1. The molecule has 7 aliphatic carbocycles. The number of rotatable bonds is 6. The summed E-state index contributed by atoms with van der Waals surface area (Å²) in [4.78, 5) is 19.6. The van der Waals surface area contributed by atoms with E-state index in [1.54, 1.807) is 6.20 Å². The van der Waals surface area contributed by atoms with Crippen LogP contribution in [0.15, 0.2) is 48.7 Å². The molecule has 7 fully saturated rings. The molecule has 7 saturated carbocycles. The van der Waals surface area contributed by atoms with Crippen LogP contribution in [0.25, 0.3) is 0 Å². The summed E-state index contributed by atoms with van der Waals surface area (Å²) in [5.41, 5.74) is 1.40. The Morgan fingerprint density at radius 2 is 2.13 bits per heavy atom. The van der Waals surface area contributed by atoms with Crippen molar-refractivity contribution >= 4 is 5.91 Å². The lowest BCUT2D eigenvalue weighted by Crippen LogP contribution is -2.84. The highest BCUT2D eigenvalue weighted by Gasteiger charge is 2.80. The maximum Gasteiger partial charge on any atom is 0.254 e. The summed E-state index contributed by atoms with van der Waals surface area (Å²) < 4.78 is 5.89. The van der Waals surface area contributed by atoms with Crippen LogP contribution in [0.1, 0.15) is 41.7 Å². The fraction of sp³-hybridized carbons (Fsp3) is 0.520. The third kappa shape index (κ3) is 2.51. The molecule has 9 rings (SSSR count). The van der Waals surface area contributed by atoms with Crippen LogP contribution in [0.3, 0.4) is 0 Å². The average Bonchev–Trinajstić information content (AvgIpc) is 2.72. The summed E-state index contributed by atoms with van der Waals surface area (Å²) in [5.74, 6) is 2.69. The van der Waals surface area contributed by atoms with Gasteiger partial charge >= 0.3 is 0 Å². The fourth-order valence-corrected chi connectivity index (χ4v) is 7.70. The highest BCUT2D eigenvalue weighted by atomic mass is 16.5. The second-order valence-corrected chi connectivity index (χ2v) is 10.0. The van der Waals surface area contributed by atoms with Gasteiger partial charge in [0.1, 0.15) is 5.75 Å². The summed E-state index contributed by atoms with van der Waals surface area (Å²) in [6.45, 7) is 0.528. The molecule has 1 heterocycles. The molecule has 5 heteroatoms. The number of hydrogen-bond donors (Lipinski definition) is 1. The van der Waals surface area contributed by atoms with Gasteiger partial charge < -0.3 is 14.7 Å². The van der Waals surface area contributed by atoms with Gasteiger partial charge in [-0.3, -0.25) is 9.78 Å². The predicted molar refractivity (Wildman–Crippen MR) is 112 cm³/mol. The Balaban J connectivity index is 1.13. The first-order valence-corrected chi connectivity index (χ1v) is 11.1. The molecule has 1 aromatic heterocycles. The molecule has 2 aromatic rings. The SMILES string of the molecule is CN(C(=O)c1cccc(OCCc2ccccn2)c1)C1C2CC3(O)CC4CC1(C3)C42. The Bertz CT molecular complexity index is 995. The third-order valence-corrected chi connectivity index (χ3v) is 8.36. The molecule has 156 valence electrons. The second-order valence-electron chi connectivity index (χ2n) is 10.0. The average molecular weight is 405 g/mol. The highest BCUT2D eigenvalue weighted by Crippen LogP contribution is 2.81. The number of carbonyl (C=O) groups is 1. The fourth-order valence-electron chi connectivity index (χ4n) is 7.70. The smallest absolute Gasteiger partial charge is 0.254 e. The van der Waals surface area contributed by atoms with Gasteiger partial charge in [-0.05, 0) is 79.2 Å². The van der Waals surface area contributed by atoms with Crippen molar-refractivity contribution in [2.45, 2.75) is 43.7 Å². The minimum atomic E-state index is -0.454. The Morgan fingerprint density at radius 3 is 2.90 bits per heavy atom. The zero-order valence-electron chi connectivity index (χ0n) is 17.3. The molecular weight excluding hydrogens is 376 g/mol. The lowest BCUT2D eigenvalue weighted by molar-refractivity contribution is -0.356. The van der Waals surface area contributed by atoms with Crippen LogP contribution in [0.2, 0.25) is 0 Å². The molecule has 1 amide bonds. The van der Waals surface area contributed by atoms with Crippen LogP contribution in [-0.4, -0.2) is 46.2 Å². The maximum absolute atomic E-state index is 13.3. The molecule has 0 radical (unpaired) electrons. The van der Waals surface area contributed by atoms with E-state index in [1.165, 1.54) is 6.42 Å². The summed E-state index contributed by atoms with van der Waals surface area (Å²) in [6.07, 6.45) is 6.45. The van der Waals surface area contributed by atoms with Gasteiger partial charge in [0.25, 0.3) is 5.91 Å². The van der Waals surface area contributed by atoms with Crippen molar-refractivity contribution in [2.75, 3.05) is 13.7 Å². The number of aromatic nitrogens is 1. The molecule has 0 aliphatic heterocycles. The molecular formula is C25H28N2O3. The van der Waals surface area contributed by atoms with Crippen LogP contribution in [0, 0.1) is 23.2 Å².